The van der Waals surface area contributed by atoms with Crippen LogP contribution in [-0.2, 0) is 6.54 Å². The Labute approximate surface area is 211 Å². The SMILES string of the molecule is CCOc1cc(CN2CCC(NC(=O)c3ccc(NC4CC4)nc3)CC2)ccc1-c1ccc(F)cc1. The summed E-state index contributed by atoms with van der Waals surface area (Å²) in [6.45, 7) is 5.19. The topological polar surface area (TPSA) is 66.5 Å². The number of hydrogen-bond donors (Lipinski definition) is 2. The molecule has 36 heavy (non-hydrogen) atoms. The Morgan fingerprint density at radius 3 is 2.47 bits per heavy atom. The predicted molar refractivity (Wildman–Crippen MR) is 140 cm³/mol. The molecule has 5 rings (SSSR count). The molecule has 6 nitrogen and oxygen atoms in total. The minimum Gasteiger partial charge on any atom is -0.493 e. The molecule has 0 spiro atoms. The Hall–Kier alpha value is -3.45. The number of likely N-dealkylation sites (tertiary alicyclic amines) is 1. The van der Waals surface area contributed by atoms with Gasteiger partial charge in [-0.1, -0.05) is 24.3 Å². The van der Waals surface area contributed by atoms with Crippen molar-refractivity contribution in [3.8, 4) is 16.9 Å². The Morgan fingerprint density at radius 1 is 1.03 bits per heavy atom. The number of carbonyl (C=O) groups is 1. The van der Waals surface area contributed by atoms with Gasteiger partial charge in [-0.05, 0) is 74.1 Å². The maximum absolute atomic E-state index is 13.3. The molecule has 2 fully saturated rings. The smallest absolute Gasteiger partial charge is 0.253 e. The zero-order valence-electron chi connectivity index (χ0n) is 20.7. The van der Waals surface area contributed by atoms with Crippen molar-refractivity contribution in [2.24, 2.45) is 0 Å². The molecule has 1 saturated heterocycles. The monoisotopic (exact) mass is 488 g/mol. The second-order valence-electron chi connectivity index (χ2n) is 9.65. The zero-order valence-corrected chi connectivity index (χ0v) is 20.7. The highest BCUT2D eigenvalue weighted by molar-refractivity contribution is 5.94. The van der Waals surface area contributed by atoms with Crippen molar-refractivity contribution >= 4 is 11.7 Å². The predicted octanol–water partition coefficient (Wildman–Crippen LogP) is 5.26. The Morgan fingerprint density at radius 2 is 1.81 bits per heavy atom. The average Bonchev–Trinajstić information content (AvgIpc) is 3.71. The van der Waals surface area contributed by atoms with Crippen LogP contribution in [0.5, 0.6) is 5.75 Å². The lowest BCUT2D eigenvalue weighted by atomic mass is 10.0. The fourth-order valence-electron chi connectivity index (χ4n) is 4.62. The van der Waals surface area contributed by atoms with E-state index in [1.807, 2.05) is 19.1 Å². The number of amides is 1. The van der Waals surface area contributed by atoms with E-state index >= 15 is 0 Å². The van der Waals surface area contributed by atoms with Crippen LogP contribution in [0, 0.1) is 5.82 Å². The number of pyridine rings is 1. The standard InChI is InChI=1S/C29H33FN4O2/c1-2-36-27-17-20(3-11-26(27)21-4-7-23(30)8-5-21)19-34-15-13-25(14-16-34)33-29(35)22-6-12-28(31-18-22)32-24-9-10-24/h3-8,11-12,17-18,24-25H,2,9-10,13-16,19H2,1H3,(H,31,32)(H,33,35). The number of hydrogen-bond acceptors (Lipinski definition) is 5. The van der Waals surface area contributed by atoms with Gasteiger partial charge in [0.1, 0.15) is 17.4 Å². The van der Waals surface area contributed by atoms with E-state index in [9.17, 15) is 9.18 Å². The molecule has 1 amide bonds. The molecule has 2 N–H and O–H groups in total. The summed E-state index contributed by atoms with van der Waals surface area (Å²) < 4.78 is 19.3. The van der Waals surface area contributed by atoms with Gasteiger partial charge in [0, 0.05) is 43.5 Å². The number of benzene rings is 2. The summed E-state index contributed by atoms with van der Waals surface area (Å²) in [5.41, 5.74) is 3.68. The van der Waals surface area contributed by atoms with Crippen LogP contribution >= 0.6 is 0 Å². The molecule has 0 radical (unpaired) electrons. The molecule has 2 heterocycles. The average molecular weight is 489 g/mol. The Bertz CT molecular complexity index is 1170. The number of carbonyl (C=O) groups excluding carboxylic acids is 1. The molecule has 2 aliphatic rings. The summed E-state index contributed by atoms with van der Waals surface area (Å²) in [5, 5.41) is 6.52. The van der Waals surface area contributed by atoms with Crippen LogP contribution in [0.15, 0.2) is 60.8 Å². The first-order valence-electron chi connectivity index (χ1n) is 12.8. The third-order valence-electron chi connectivity index (χ3n) is 6.79. The first-order valence-corrected chi connectivity index (χ1v) is 12.8. The number of rotatable bonds is 9. The number of halogens is 1. The summed E-state index contributed by atoms with van der Waals surface area (Å²) in [7, 11) is 0. The van der Waals surface area contributed by atoms with Gasteiger partial charge in [-0.15, -0.1) is 0 Å². The van der Waals surface area contributed by atoms with E-state index in [-0.39, 0.29) is 17.8 Å². The lowest BCUT2D eigenvalue weighted by molar-refractivity contribution is 0.0908. The van der Waals surface area contributed by atoms with Crippen molar-refractivity contribution in [3.63, 3.8) is 0 Å². The first kappa shape index (κ1) is 24.3. The highest BCUT2D eigenvalue weighted by Crippen LogP contribution is 2.32. The molecule has 0 atom stereocenters. The van der Waals surface area contributed by atoms with Crippen molar-refractivity contribution in [2.45, 2.75) is 51.2 Å². The van der Waals surface area contributed by atoms with Crippen LogP contribution in [0.4, 0.5) is 10.2 Å². The van der Waals surface area contributed by atoms with Gasteiger partial charge in [0.2, 0.25) is 0 Å². The van der Waals surface area contributed by atoms with Crippen molar-refractivity contribution in [2.75, 3.05) is 25.0 Å². The zero-order chi connectivity index (χ0) is 24.9. The Kier molecular flexibility index (Phi) is 7.47. The van der Waals surface area contributed by atoms with Crippen LogP contribution in [-0.4, -0.2) is 47.6 Å². The molecule has 2 aromatic carbocycles. The van der Waals surface area contributed by atoms with Gasteiger partial charge < -0.3 is 15.4 Å². The normalized spacial score (nSPS) is 16.5. The van der Waals surface area contributed by atoms with Crippen molar-refractivity contribution in [1.29, 1.82) is 0 Å². The van der Waals surface area contributed by atoms with E-state index in [1.54, 1.807) is 18.3 Å². The Balaban J connectivity index is 1.14. The van der Waals surface area contributed by atoms with Gasteiger partial charge in [0.05, 0.1) is 12.2 Å². The van der Waals surface area contributed by atoms with Crippen molar-refractivity contribution < 1.29 is 13.9 Å². The third-order valence-corrected chi connectivity index (χ3v) is 6.79. The largest absolute Gasteiger partial charge is 0.493 e. The van der Waals surface area contributed by atoms with Crippen molar-refractivity contribution in [3.05, 3.63) is 77.7 Å². The number of piperidine rings is 1. The van der Waals surface area contributed by atoms with Gasteiger partial charge in [-0.3, -0.25) is 9.69 Å². The highest BCUT2D eigenvalue weighted by atomic mass is 19.1. The van der Waals surface area contributed by atoms with E-state index in [4.69, 9.17) is 4.74 Å². The lowest BCUT2D eigenvalue weighted by Gasteiger charge is -2.32. The van der Waals surface area contributed by atoms with Gasteiger partial charge in [0.15, 0.2) is 0 Å². The van der Waals surface area contributed by atoms with Gasteiger partial charge in [0.25, 0.3) is 5.91 Å². The maximum Gasteiger partial charge on any atom is 0.253 e. The maximum atomic E-state index is 13.3. The highest BCUT2D eigenvalue weighted by Gasteiger charge is 2.23. The van der Waals surface area contributed by atoms with Crippen LogP contribution < -0.4 is 15.4 Å². The fourth-order valence-corrected chi connectivity index (χ4v) is 4.62. The summed E-state index contributed by atoms with van der Waals surface area (Å²) in [6, 6.07) is 17.2. The van der Waals surface area contributed by atoms with E-state index in [0.29, 0.717) is 18.2 Å². The number of nitrogens with zero attached hydrogens (tertiary/aromatic N) is 2. The molecule has 1 aliphatic heterocycles. The molecule has 1 aliphatic carbocycles. The number of anilines is 1. The molecule has 7 heteroatoms. The summed E-state index contributed by atoms with van der Waals surface area (Å²) in [4.78, 5) is 19.5. The first-order chi connectivity index (χ1) is 17.6. The fraction of sp³-hybridized carbons (Fsp3) is 0.379. The molecule has 0 bridgehead atoms. The quantitative estimate of drug-likeness (QED) is 0.430. The second kappa shape index (κ2) is 11.1. The molecule has 188 valence electrons. The lowest BCUT2D eigenvalue weighted by Crippen LogP contribution is -2.44. The minimum absolute atomic E-state index is 0.0586. The van der Waals surface area contributed by atoms with E-state index < -0.39 is 0 Å². The van der Waals surface area contributed by atoms with Crippen LogP contribution in [0.25, 0.3) is 11.1 Å². The van der Waals surface area contributed by atoms with Gasteiger partial charge >= 0.3 is 0 Å². The number of nitrogens with one attached hydrogen (secondary N) is 2. The van der Waals surface area contributed by atoms with E-state index in [0.717, 1.165) is 55.2 Å². The molecule has 1 aromatic heterocycles. The van der Waals surface area contributed by atoms with Gasteiger partial charge in [-0.25, -0.2) is 9.37 Å². The van der Waals surface area contributed by atoms with Gasteiger partial charge in [-0.2, -0.15) is 0 Å². The van der Waals surface area contributed by atoms with Crippen LogP contribution in [0.2, 0.25) is 0 Å². The second-order valence-corrected chi connectivity index (χ2v) is 9.65. The van der Waals surface area contributed by atoms with E-state index in [2.05, 4.69) is 38.7 Å². The number of aromatic nitrogens is 1. The number of ether oxygens (including phenoxy) is 1. The van der Waals surface area contributed by atoms with Crippen LogP contribution in [0.3, 0.4) is 0 Å². The van der Waals surface area contributed by atoms with Crippen LogP contribution in [0.1, 0.15) is 48.5 Å². The van der Waals surface area contributed by atoms with E-state index in [1.165, 1.54) is 30.5 Å². The summed E-state index contributed by atoms with van der Waals surface area (Å²) in [6.07, 6.45) is 5.86. The minimum atomic E-state index is -0.247. The molecule has 3 aromatic rings. The summed E-state index contributed by atoms with van der Waals surface area (Å²) >= 11 is 0. The summed E-state index contributed by atoms with van der Waals surface area (Å²) in [5.74, 6) is 1.34. The molecular formula is C29H33FN4O2. The molecular weight excluding hydrogens is 455 g/mol. The van der Waals surface area contributed by atoms with Crippen molar-refractivity contribution in [1.82, 2.24) is 15.2 Å². The molecule has 1 saturated carbocycles. The third kappa shape index (κ3) is 6.21. The molecule has 0 unspecified atom stereocenters.